The summed E-state index contributed by atoms with van der Waals surface area (Å²) in [6.45, 7) is 13.2. The lowest BCUT2D eigenvalue weighted by Gasteiger charge is -2.26. The van der Waals surface area contributed by atoms with Gasteiger partial charge in [0.25, 0.3) is 0 Å². The van der Waals surface area contributed by atoms with Gasteiger partial charge in [-0.1, -0.05) is 79.8 Å². The van der Waals surface area contributed by atoms with Crippen LogP contribution in [0, 0.1) is 0 Å². The Balaban J connectivity index is 1.45. The monoisotopic (exact) mass is 717 g/mol. The van der Waals surface area contributed by atoms with Crippen LogP contribution in [-0.4, -0.2) is 51.8 Å². The molecule has 0 aliphatic carbocycles. The molecule has 3 aromatic carbocycles. The zero-order chi connectivity index (χ0) is 35.6. The van der Waals surface area contributed by atoms with Crippen molar-refractivity contribution in [1.82, 2.24) is 19.9 Å². The molecule has 5 rings (SSSR count). The van der Waals surface area contributed by atoms with E-state index in [-0.39, 0.29) is 12.6 Å². The molecule has 0 saturated heterocycles. The number of halogens is 1. The maximum absolute atomic E-state index is 12.1. The van der Waals surface area contributed by atoms with E-state index in [1.807, 2.05) is 91.2 Å². The summed E-state index contributed by atoms with van der Waals surface area (Å²) in [4.78, 5) is 21.5. The molecule has 1 N–H and O–H groups in total. The Morgan fingerprint density at radius 2 is 1.53 bits per heavy atom. The highest BCUT2D eigenvalue weighted by molar-refractivity contribution is 7.92. The van der Waals surface area contributed by atoms with Crippen molar-refractivity contribution in [3.8, 4) is 34.1 Å². The molecule has 5 aromatic rings. The summed E-state index contributed by atoms with van der Waals surface area (Å²) in [5.41, 5.74) is 5.79. The number of pyridine rings is 1. The molecule has 0 atom stereocenters. The summed E-state index contributed by atoms with van der Waals surface area (Å²) in [5.74, 6) is 0.488. The maximum atomic E-state index is 12.1. The summed E-state index contributed by atoms with van der Waals surface area (Å²) in [6.07, 6.45) is 3.24. The molecule has 0 fully saturated rings. The third-order valence-electron chi connectivity index (χ3n) is 7.81. The number of benzene rings is 3. The minimum atomic E-state index is -2.23. The fraction of sp³-hybridized carbons (Fsp3) is 0.324. The molecule has 12 heteroatoms. The van der Waals surface area contributed by atoms with Crippen molar-refractivity contribution >= 4 is 52.2 Å². The van der Waals surface area contributed by atoms with E-state index in [1.54, 1.807) is 18.6 Å². The molecule has 258 valence electrons. The van der Waals surface area contributed by atoms with Crippen LogP contribution >= 0.6 is 11.6 Å². The smallest absolute Gasteiger partial charge is 0.306 e. The number of nitrogens with one attached hydrogen (secondary N) is 1. The average Bonchev–Trinajstić information content (AvgIpc) is 3.33. The lowest BCUT2D eigenvalue weighted by Crippen LogP contribution is -2.39. The highest BCUT2D eigenvalue weighted by Crippen LogP contribution is 2.34. The molecule has 0 saturated carbocycles. The van der Waals surface area contributed by atoms with Crippen molar-refractivity contribution in [3.05, 3.63) is 89.4 Å². The van der Waals surface area contributed by atoms with Crippen molar-refractivity contribution < 1.29 is 18.5 Å². The molecule has 9 nitrogen and oxygen atoms in total. The topological polar surface area (TPSA) is 108 Å². The fourth-order valence-corrected chi connectivity index (χ4v) is 6.92. The Kier molecular flexibility index (Phi) is 10.7. The molecular formula is C37H44ClN5O4SSi. The number of fused-ring (bicyclic) bond motifs is 1. The Labute approximate surface area is 295 Å². The van der Waals surface area contributed by atoms with Gasteiger partial charge in [0.15, 0.2) is 5.65 Å². The average molecular weight is 718 g/mol. The van der Waals surface area contributed by atoms with Gasteiger partial charge in [0.1, 0.15) is 18.0 Å². The lowest BCUT2D eigenvalue weighted by atomic mass is 9.94. The number of rotatable bonds is 12. The molecule has 49 heavy (non-hydrogen) atoms. The van der Waals surface area contributed by atoms with E-state index in [0.29, 0.717) is 45.9 Å². The number of hydrogen-bond donors (Lipinski definition) is 1. The molecule has 2 heterocycles. The molecule has 0 bridgehead atoms. The molecule has 1 amide bonds. The van der Waals surface area contributed by atoms with Crippen LogP contribution < -0.4 is 10.1 Å². The van der Waals surface area contributed by atoms with E-state index in [0.717, 1.165) is 28.3 Å². The van der Waals surface area contributed by atoms with Crippen LogP contribution in [0.3, 0.4) is 0 Å². The van der Waals surface area contributed by atoms with Gasteiger partial charge < -0.3 is 14.8 Å². The maximum Gasteiger partial charge on any atom is 0.306 e. The predicted octanol–water partition coefficient (Wildman–Crippen LogP) is 9.25. The van der Waals surface area contributed by atoms with Crippen molar-refractivity contribution in [1.29, 1.82) is 0 Å². The van der Waals surface area contributed by atoms with Gasteiger partial charge in [0.2, 0.25) is 5.91 Å². The summed E-state index contributed by atoms with van der Waals surface area (Å²) in [5, 5.41) is 3.44. The molecule has 0 unspecified atom stereocenters. The van der Waals surface area contributed by atoms with Gasteiger partial charge in [-0.2, -0.15) is 9.35 Å². The second-order valence-corrected chi connectivity index (χ2v) is 22.7. The standard InChI is InChI=1S/C37H44ClN5O4SSi/c1-25(44)41-37(2,3)29-15-19-31(20-16-29)47-36-39-33-23-32(38)34(40-35(33)43(36)24-46-21-22-49(6,7)8)28-11-9-26(10-12-28)27-13-17-30(18-14-27)42-48(4,5)45/h9-20,23H,21-22,24H2,1-8H3,(H,41,44). The minimum absolute atomic E-state index is 0.0982. The summed E-state index contributed by atoms with van der Waals surface area (Å²) in [7, 11) is -3.53. The lowest BCUT2D eigenvalue weighted by molar-refractivity contribution is -0.120. The SMILES string of the molecule is CC(=O)NC(C)(C)c1ccc(Oc2nc3cc(Cl)c(-c4ccc(-c5ccc(N=S(C)(C)=O)cc5)cc4)nc3n2COCC[Si](C)(C)C)cc1. The van der Waals surface area contributed by atoms with Gasteiger partial charge in [0, 0.05) is 49.4 Å². The summed E-state index contributed by atoms with van der Waals surface area (Å²) in [6, 6.07) is 26.4. The number of hydrogen-bond acceptors (Lipinski definition) is 7. The van der Waals surface area contributed by atoms with Gasteiger partial charge in [-0.15, -0.1) is 0 Å². The molecule has 0 aliphatic heterocycles. The van der Waals surface area contributed by atoms with Gasteiger partial charge in [-0.25, -0.2) is 9.19 Å². The van der Waals surface area contributed by atoms with Crippen LogP contribution in [0.25, 0.3) is 33.5 Å². The molecule has 2 aromatic heterocycles. The fourth-order valence-electron chi connectivity index (χ4n) is 5.28. The number of carbonyl (C=O) groups excluding carboxylic acids is 1. The molecular weight excluding hydrogens is 674 g/mol. The Hall–Kier alpha value is -4.03. The number of imidazole rings is 1. The largest absolute Gasteiger partial charge is 0.425 e. The normalized spacial score (nSPS) is 12.3. The van der Waals surface area contributed by atoms with Gasteiger partial charge in [-0.05, 0) is 66.9 Å². The highest BCUT2D eigenvalue weighted by Gasteiger charge is 2.22. The quantitative estimate of drug-likeness (QED) is 0.102. The Morgan fingerprint density at radius 1 is 0.939 bits per heavy atom. The van der Waals surface area contributed by atoms with E-state index >= 15 is 0 Å². The van der Waals surface area contributed by atoms with Crippen molar-refractivity contribution in [2.75, 3.05) is 19.1 Å². The number of ether oxygens (including phenoxy) is 2. The highest BCUT2D eigenvalue weighted by atomic mass is 35.5. The number of aromatic nitrogens is 3. The van der Waals surface area contributed by atoms with E-state index in [2.05, 4.69) is 29.3 Å². The second-order valence-electron chi connectivity index (χ2n) is 14.2. The van der Waals surface area contributed by atoms with Crippen LogP contribution in [0.1, 0.15) is 26.3 Å². The predicted molar refractivity (Wildman–Crippen MR) is 203 cm³/mol. The van der Waals surface area contributed by atoms with Crippen LogP contribution in [-0.2, 0) is 31.5 Å². The second kappa shape index (κ2) is 14.4. The first-order valence-corrected chi connectivity index (χ1v) is 22.5. The third kappa shape index (κ3) is 9.57. The molecule has 0 spiro atoms. The van der Waals surface area contributed by atoms with Crippen LogP contribution in [0.15, 0.2) is 83.2 Å². The number of carbonyl (C=O) groups is 1. The first-order valence-electron chi connectivity index (χ1n) is 16.1. The summed E-state index contributed by atoms with van der Waals surface area (Å²) >= 11 is 6.82. The Morgan fingerprint density at radius 3 is 2.10 bits per heavy atom. The van der Waals surface area contributed by atoms with Crippen molar-refractivity contribution in [2.45, 2.75) is 58.7 Å². The van der Waals surface area contributed by atoms with Gasteiger partial charge >= 0.3 is 6.01 Å². The Bertz CT molecular complexity index is 2070. The zero-order valence-corrected chi connectivity index (χ0v) is 31.9. The van der Waals surface area contributed by atoms with Crippen molar-refractivity contribution in [3.63, 3.8) is 0 Å². The first kappa shape index (κ1) is 36.3. The van der Waals surface area contributed by atoms with E-state index in [9.17, 15) is 9.00 Å². The molecule has 0 aliphatic rings. The first-order chi connectivity index (χ1) is 23.0. The minimum Gasteiger partial charge on any atom is -0.425 e. The van der Waals surface area contributed by atoms with Crippen LogP contribution in [0.5, 0.6) is 11.8 Å². The summed E-state index contributed by atoms with van der Waals surface area (Å²) < 4.78 is 30.6. The van der Waals surface area contributed by atoms with Gasteiger partial charge in [0.05, 0.1) is 21.9 Å². The van der Waals surface area contributed by atoms with Crippen LogP contribution in [0.4, 0.5) is 5.69 Å². The number of amides is 1. The van der Waals surface area contributed by atoms with Gasteiger partial charge in [-0.3, -0.25) is 9.36 Å². The van der Waals surface area contributed by atoms with Crippen LogP contribution in [0.2, 0.25) is 30.7 Å². The van der Waals surface area contributed by atoms with Crippen molar-refractivity contribution in [2.24, 2.45) is 4.36 Å². The number of nitrogens with zero attached hydrogens (tertiary/aromatic N) is 4. The third-order valence-corrected chi connectivity index (χ3v) is 10.5. The van der Waals surface area contributed by atoms with E-state index in [4.69, 9.17) is 31.0 Å². The zero-order valence-electron chi connectivity index (χ0n) is 29.3. The molecule has 0 radical (unpaired) electrons. The van der Waals surface area contributed by atoms with E-state index < -0.39 is 23.3 Å². The van der Waals surface area contributed by atoms with E-state index in [1.165, 1.54) is 6.92 Å².